The minimum Gasteiger partial charge on any atom is -0.381 e. The van der Waals surface area contributed by atoms with Gasteiger partial charge in [0.15, 0.2) is 0 Å². The molecule has 0 radical (unpaired) electrons. The monoisotopic (exact) mass is 290 g/mol. The van der Waals surface area contributed by atoms with Crippen molar-refractivity contribution in [1.82, 2.24) is 0 Å². The van der Waals surface area contributed by atoms with Crippen molar-refractivity contribution in [1.29, 1.82) is 0 Å². The van der Waals surface area contributed by atoms with Crippen LogP contribution in [0, 0.1) is 24.0 Å². The molecule has 0 atom stereocenters. The van der Waals surface area contributed by atoms with Crippen LogP contribution >= 0.6 is 11.6 Å². The highest BCUT2D eigenvalue weighted by Crippen LogP contribution is 2.24. The maximum atomic E-state index is 10.7. The predicted octanol–water partition coefficient (Wildman–Crippen LogP) is 4.48. The van der Waals surface area contributed by atoms with Gasteiger partial charge >= 0.3 is 0 Å². The molecule has 0 fully saturated rings. The lowest BCUT2D eigenvalue weighted by molar-refractivity contribution is -0.384. The number of anilines is 1. The molecule has 4 nitrogen and oxygen atoms in total. The maximum Gasteiger partial charge on any atom is 0.270 e. The summed E-state index contributed by atoms with van der Waals surface area (Å²) in [6.07, 6.45) is 0. The number of halogens is 1. The number of nitrogens with one attached hydrogen (secondary N) is 1. The zero-order valence-corrected chi connectivity index (χ0v) is 12.1. The summed E-state index contributed by atoms with van der Waals surface area (Å²) in [5.74, 6) is 0. The van der Waals surface area contributed by atoms with Crippen LogP contribution in [0.2, 0.25) is 5.02 Å². The molecular weight excluding hydrogens is 276 g/mol. The van der Waals surface area contributed by atoms with Crippen molar-refractivity contribution in [2.45, 2.75) is 20.4 Å². The standard InChI is InChI=1S/C15H15ClN2O2/c1-10-3-6-15(11(2)7-10)17-9-12-4-5-13(18(19)20)8-14(12)16/h3-8,17H,9H2,1-2H3. The van der Waals surface area contributed by atoms with Crippen LogP contribution in [0.25, 0.3) is 0 Å². The molecule has 0 saturated heterocycles. The first-order chi connectivity index (χ1) is 9.47. The lowest BCUT2D eigenvalue weighted by Crippen LogP contribution is -2.02. The number of benzene rings is 2. The third kappa shape index (κ3) is 3.27. The number of nitrogens with zero attached hydrogens (tertiary/aromatic N) is 1. The van der Waals surface area contributed by atoms with Gasteiger partial charge in [0, 0.05) is 24.4 Å². The third-order valence-electron chi connectivity index (χ3n) is 3.10. The van der Waals surface area contributed by atoms with E-state index in [1.54, 1.807) is 6.07 Å². The Labute approximate surface area is 122 Å². The van der Waals surface area contributed by atoms with Gasteiger partial charge in [0.25, 0.3) is 5.69 Å². The summed E-state index contributed by atoms with van der Waals surface area (Å²) in [5.41, 5.74) is 4.23. The molecule has 0 saturated carbocycles. The fraction of sp³-hybridized carbons (Fsp3) is 0.200. The van der Waals surface area contributed by atoms with Gasteiger partial charge in [-0.3, -0.25) is 10.1 Å². The first-order valence-corrected chi connectivity index (χ1v) is 6.59. The molecule has 0 aliphatic carbocycles. The van der Waals surface area contributed by atoms with Gasteiger partial charge in [0.2, 0.25) is 0 Å². The summed E-state index contributed by atoms with van der Waals surface area (Å²) < 4.78 is 0. The zero-order chi connectivity index (χ0) is 14.7. The number of nitro benzene ring substituents is 1. The normalized spacial score (nSPS) is 10.3. The van der Waals surface area contributed by atoms with Crippen molar-refractivity contribution in [3.63, 3.8) is 0 Å². The highest BCUT2D eigenvalue weighted by Gasteiger charge is 2.09. The molecule has 0 spiro atoms. The predicted molar refractivity (Wildman–Crippen MR) is 81.3 cm³/mol. The fourth-order valence-electron chi connectivity index (χ4n) is 2.00. The Kier molecular flexibility index (Phi) is 4.25. The Morgan fingerprint density at radius 1 is 1.20 bits per heavy atom. The minimum atomic E-state index is -0.451. The summed E-state index contributed by atoms with van der Waals surface area (Å²) in [6.45, 7) is 4.61. The van der Waals surface area contributed by atoms with E-state index in [9.17, 15) is 10.1 Å². The van der Waals surface area contributed by atoms with Crippen LogP contribution in [0.4, 0.5) is 11.4 Å². The van der Waals surface area contributed by atoms with Crippen molar-refractivity contribution in [3.05, 3.63) is 68.2 Å². The van der Waals surface area contributed by atoms with Gasteiger partial charge < -0.3 is 5.32 Å². The third-order valence-corrected chi connectivity index (χ3v) is 3.45. The van der Waals surface area contributed by atoms with E-state index in [1.165, 1.54) is 17.7 Å². The molecule has 0 bridgehead atoms. The molecule has 0 heterocycles. The lowest BCUT2D eigenvalue weighted by atomic mass is 10.1. The van der Waals surface area contributed by atoms with Crippen molar-refractivity contribution < 1.29 is 4.92 Å². The summed E-state index contributed by atoms with van der Waals surface area (Å²) in [6, 6.07) is 10.7. The van der Waals surface area contributed by atoms with Gasteiger partial charge in [0.1, 0.15) is 0 Å². The fourth-order valence-corrected chi connectivity index (χ4v) is 2.24. The Bertz CT molecular complexity index is 656. The van der Waals surface area contributed by atoms with Crippen LogP contribution in [0.3, 0.4) is 0 Å². The van der Waals surface area contributed by atoms with E-state index in [0.29, 0.717) is 11.6 Å². The number of rotatable bonds is 4. The smallest absolute Gasteiger partial charge is 0.270 e. The van der Waals surface area contributed by atoms with E-state index < -0.39 is 4.92 Å². The Hall–Kier alpha value is -2.07. The summed E-state index contributed by atoms with van der Waals surface area (Å²) in [4.78, 5) is 10.2. The minimum absolute atomic E-state index is 0.00488. The number of non-ortho nitro benzene ring substituents is 1. The molecule has 0 unspecified atom stereocenters. The molecule has 2 aromatic rings. The quantitative estimate of drug-likeness (QED) is 0.667. The van der Waals surface area contributed by atoms with Gasteiger partial charge in [-0.15, -0.1) is 0 Å². The SMILES string of the molecule is Cc1ccc(NCc2ccc([N+](=O)[O-])cc2Cl)c(C)c1. The van der Waals surface area contributed by atoms with Crippen molar-refractivity contribution in [2.75, 3.05) is 5.32 Å². The second kappa shape index (κ2) is 5.92. The average molecular weight is 291 g/mol. The molecule has 1 N–H and O–H groups in total. The van der Waals surface area contributed by atoms with Gasteiger partial charge in [-0.05, 0) is 37.1 Å². The summed E-state index contributed by atoms with van der Waals surface area (Å²) in [5, 5.41) is 14.3. The van der Waals surface area contributed by atoms with Crippen LogP contribution in [-0.4, -0.2) is 4.92 Å². The molecule has 0 aliphatic rings. The molecule has 5 heteroatoms. The van der Waals surface area contributed by atoms with Crippen LogP contribution < -0.4 is 5.32 Å². The number of hydrogen-bond acceptors (Lipinski definition) is 3. The van der Waals surface area contributed by atoms with Crippen molar-refractivity contribution >= 4 is 23.0 Å². The van der Waals surface area contributed by atoms with Crippen LogP contribution in [-0.2, 0) is 6.54 Å². The molecule has 20 heavy (non-hydrogen) atoms. The topological polar surface area (TPSA) is 55.2 Å². The van der Waals surface area contributed by atoms with Gasteiger partial charge in [-0.2, -0.15) is 0 Å². The summed E-state index contributed by atoms with van der Waals surface area (Å²) >= 11 is 6.06. The second-order valence-corrected chi connectivity index (χ2v) is 5.11. The summed E-state index contributed by atoms with van der Waals surface area (Å²) in [7, 11) is 0. The molecule has 0 aromatic heterocycles. The highest BCUT2D eigenvalue weighted by atomic mass is 35.5. The molecule has 104 valence electrons. The zero-order valence-electron chi connectivity index (χ0n) is 11.3. The molecule has 0 aliphatic heterocycles. The molecular formula is C15H15ClN2O2. The first-order valence-electron chi connectivity index (χ1n) is 6.21. The van der Waals surface area contributed by atoms with Gasteiger partial charge in [-0.25, -0.2) is 0 Å². The van der Waals surface area contributed by atoms with Crippen molar-refractivity contribution in [2.24, 2.45) is 0 Å². The van der Waals surface area contributed by atoms with E-state index in [-0.39, 0.29) is 5.69 Å². The number of nitro groups is 1. The molecule has 0 amide bonds. The van der Waals surface area contributed by atoms with Crippen molar-refractivity contribution in [3.8, 4) is 0 Å². The van der Waals surface area contributed by atoms with Gasteiger partial charge in [0.05, 0.1) is 9.95 Å². The van der Waals surface area contributed by atoms with E-state index in [4.69, 9.17) is 11.6 Å². The highest BCUT2D eigenvalue weighted by molar-refractivity contribution is 6.31. The number of aryl methyl sites for hydroxylation is 2. The van der Waals surface area contributed by atoms with E-state index in [1.807, 2.05) is 26.0 Å². The van der Waals surface area contributed by atoms with Gasteiger partial charge in [-0.1, -0.05) is 29.3 Å². The van der Waals surface area contributed by atoms with Crippen LogP contribution in [0.1, 0.15) is 16.7 Å². The Morgan fingerprint density at radius 2 is 1.95 bits per heavy atom. The Morgan fingerprint density at radius 3 is 2.55 bits per heavy atom. The van der Waals surface area contributed by atoms with E-state index in [2.05, 4.69) is 11.4 Å². The van der Waals surface area contributed by atoms with E-state index in [0.717, 1.165) is 16.8 Å². The Balaban J connectivity index is 2.13. The second-order valence-electron chi connectivity index (χ2n) is 4.70. The lowest BCUT2D eigenvalue weighted by Gasteiger charge is -2.11. The van der Waals surface area contributed by atoms with E-state index >= 15 is 0 Å². The largest absolute Gasteiger partial charge is 0.381 e. The van der Waals surface area contributed by atoms with Crippen LogP contribution in [0.15, 0.2) is 36.4 Å². The maximum absolute atomic E-state index is 10.7. The first kappa shape index (κ1) is 14.3. The van der Waals surface area contributed by atoms with Crippen LogP contribution in [0.5, 0.6) is 0 Å². The molecule has 2 rings (SSSR count). The molecule has 2 aromatic carbocycles. The number of hydrogen-bond donors (Lipinski definition) is 1. The average Bonchev–Trinajstić information content (AvgIpc) is 2.38.